The van der Waals surface area contributed by atoms with E-state index < -0.39 is 0 Å². The van der Waals surface area contributed by atoms with Gasteiger partial charge >= 0.3 is 0 Å². The van der Waals surface area contributed by atoms with Gasteiger partial charge in [0.1, 0.15) is 0 Å². The average Bonchev–Trinajstić information content (AvgIpc) is 2.50. The summed E-state index contributed by atoms with van der Waals surface area (Å²) >= 11 is 0. The first-order valence-corrected chi connectivity index (χ1v) is 7.32. The van der Waals surface area contributed by atoms with E-state index in [9.17, 15) is 4.79 Å². The van der Waals surface area contributed by atoms with Crippen LogP contribution in [0.25, 0.3) is 0 Å². The zero-order valence-corrected chi connectivity index (χ0v) is 12.2. The van der Waals surface area contributed by atoms with Gasteiger partial charge in [0.25, 0.3) is 0 Å². The van der Waals surface area contributed by atoms with E-state index in [1.807, 2.05) is 0 Å². The third kappa shape index (κ3) is 4.58. The smallest absolute Gasteiger partial charge is 0.224 e. The van der Waals surface area contributed by atoms with E-state index in [1.54, 1.807) is 0 Å². The highest BCUT2D eigenvalue weighted by Gasteiger charge is 2.26. The molecule has 4 nitrogen and oxygen atoms in total. The van der Waals surface area contributed by atoms with E-state index in [-0.39, 0.29) is 11.9 Å². The lowest BCUT2D eigenvalue weighted by Gasteiger charge is -2.31. The third-order valence-electron chi connectivity index (χ3n) is 3.79. The molecule has 0 aliphatic carbocycles. The first-order valence-electron chi connectivity index (χ1n) is 7.32. The second-order valence-electron chi connectivity index (χ2n) is 5.52. The molecule has 4 heteroatoms. The van der Waals surface area contributed by atoms with Crippen molar-refractivity contribution in [2.75, 3.05) is 26.7 Å². The first kappa shape index (κ1) is 15.4. The van der Waals surface area contributed by atoms with Crippen molar-refractivity contribution < 1.29 is 4.79 Å². The van der Waals surface area contributed by atoms with Crippen molar-refractivity contribution in [2.45, 2.75) is 58.0 Å². The molecule has 1 saturated heterocycles. The van der Waals surface area contributed by atoms with Crippen LogP contribution in [0, 0.1) is 0 Å². The maximum absolute atomic E-state index is 12.3. The van der Waals surface area contributed by atoms with Crippen molar-refractivity contribution in [3.8, 4) is 0 Å². The second-order valence-corrected chi connectivity index (χ2v) is 5.52. The summed E-state index contributed by atoms with van der Waals surface area (Å²) in [6, 6.07) is 0.389. The summed E-state index contributed by atoms with van der Waals surface area (Å²) < 4.78 is 0. The Bertz CT molecular complexity index is 257. The number of nitrogens with zero attached hydrogens (tertiary/aromatic N) is 2. The molecule has 0 saturated carbocycles. The fraction of sp³-hybridized carbons (Fsp3) is 0.929. The van der Waals surface area contributed by atoms with Crippen molar-refractivity contribution in [1.82, 2.24) is 9.80 Å². The SMILES string of the molecule is CCCC(N)CC(=O)N1CCCN(C)CC1CC. The molecule has 0 radical (unpaired) electrons. The molecule has 0 aromatic rings. The van der Waals surface area contributed by atoms with Crippen LogP contribution in [0.15, 0.2) is 0 Å². The third-order valence-corrected chi connectivity index (χ3v) is 3.79. The molecule has 1 aliphatic rings. The summed E-state index contributed by atoms with van der Waals surface area (Å²) in [5.41, 5.74) is 5.99. The van der Waals surface area contributed by atoms with E-state index in [0.717, 1.165) is 45.3 Å². The number of carbonyl (C=O) groups excluding carboxylic acids is 1. The minimum Gasteiger partial charge on any atom is -0.338 e. The number of carbonyl (C=O) groups is 1. The van der Waals surface area contributed by atoms with E-state index in [4.69, 9.17) is 5.73 Å². The lowest BCUT2D eigenvalue weighted by Crippen LogP contribution is -2.45. The van der Waals surface area contributed by atoms with Crippen LogP contribution in [0.5, 0.6) is 0 Å². The van der Waals surface area contributed by atoms with Crippen molar-refractivity contribution in [1.29, 1.82) is 0 Å². The fourth-order valence-electron chi connectivity index (χ4n) is 2.74. The molecule has 0 spiro atoms. The van der Waals surface area contributed by atoms with Gasteiger partial charge < -0.3 is 15.5 Å². The number of nitrogens with two attached hydrogens (primary N) is 1. The van der Waals surface area contributed by atoms with Crippen molar-refractivity contribution >= 4 is 5.91 Å². The van der Waals surface area contributed by atoms with Crippen LogP contribution in [0.2, 0.25) is 0 Å². The van der Waals surface area contributed by atoms with Gasteiger partial charge in [0.15, 0.2) is 0 Å². The van der Waals surface area contributed by atoms with Gasteiger partial charge in [-0.2, -0.15) is 0 Å². The molecule has 1 amide bonds. The molecule has 106 valence electrons. The van der Waals surface area contributed by atoms with E-state index in [2.05, 4.69) is 30.7 Å². The Hall–Kier alpha value is -0.610. The Labute approximate surface area is 111 Å². The number of rotatable bonds is 5. The second kappa shape index (κ2) is 7.74. The Kier molecular flexibility index (Phi) is 6.65. The molecule has 2 unspecified atom stereocenters. The van der Waals surface area contributed by atoms with Crippen molar-refractivity contribution in [2.24, 2.45) is 5.73 Å². The van der Waals surface area contributed by atoms with Crippen LogP contribution in [-0.4, -0.2) is 54.5 Å². The van der Waals surface area contributed by atoms with E-state index in [1.165, 1.54) is 0 Å². The van der Waals surface area contributed by atoms with E-state index >= 15 is 0 Å². The molecule has 1 fully saturated rings. The van der Waals surface area contributed by atoms with Crippen LogP contribution in [-0.2, 0) is 4.79 Å². The highest BCUT2D eigenvalue weighted by Crippen LogP contribution is 2.14. The molecule has 0 aromatic carbocycles. The minimum absolute atomic E-state index is 0.0287. The Morgan fingerprint density at radius 1 is 1.39 bits per heavy atom. The van der Waals surface area contributed by atoms with Crippen molar-refractivity contribution in [3.05, 3.63) is 0 Å². The predicted octanol–water partition coefficient (Wildman–Crippen LogP) is 1.45. The summed E-state index contributed by atoms with van der Waals surface area (Å²) in [7, 11) is 2.14. The maximum Gasteiger partial charge on any atom is 0.224 e. The standard InChI is InChI=1S/C14H29N3O/c1-4-7-12(15)10-14(18)17-9-6-8-16(3)11-13(17)5-2/h12-13H,4-11,15H2,1-3H3. The molecule has 1 heterocycles. The number of hydrogen-bond donors (Lipinski definition) is 1. The Morgan fingerprint density at radius 2 is 2.11 bits per heavy atom. The lowest BCUT2D eigenvalue weighted by molar-refractivity contribution is -0.133. The zero-order chi connectivity index (χ0) is 13.5. The summed E-state index contributed by atoms with van der Waals surface area (Å²) in [6.45, 7) is 7.24. The minimum atomic E-state index is 0.0287. The zero-order valence-electron chi connectivity index (χ0n) is 12.2. The van der Waals surface area contributed by atoms with Crippen LogP contribution in [0.1, 0.15) is 46.0 Å². The molecular weight excluding hydrogens is 226 g/mol. The molecule has 1 aliphatic heterocycles. The van der Waals surface area contributed by atoms with Gasteiger partial charge in [-0.05, 0) is 32.9 Å². The fourth-order valence-corrected chi connectivity index (χ4v) is 2.74. The molecule has 0 bridgehead atoms. The lowest BCUT2D eigenvalue weighted by atomic mass is 10.1. The molecular formula is C14H29N3O. The van der Waals surface area contributed by atoms with Crippen LogP contribution >= 0.6 is 0 Å². The van der Waals surface area contributed by atoms with Crippen molar-refractivity contribution in [3.63, 3.8) is 0 Å². The number of amides is 1. The highest BCUT2D eigenvalue weighted by atomic mass is 16.2. The molecule has 0 aromatic heterocycles. The van der Waals surface area contributed by atoms with Gasteiger partial charge in [0, 0.05) is 31.6 Å². The quantitative estimate of drug-likeness (QED) is 0.809. The highest BCUT2D eigenvalue weighted by molar-refractivity contribution is 5.77. The normalized spacial score (nSPS) is 23.8. The monoisotopic (exact) mass is 255 g/mol. The van der Waals surface area contributed by atoms with Crippen LogP contribution < -0.4 is 5.73 Å². The largest absolute Gasteiger partial charge is 0.338 e. The first-order chi connectivity index (χ1) is 8.58. The molecule has 2 N–H and O–H groups in total. The van der Waals surface area contributed by atoms with E-state index in [0.29, 0.717) is 12.5 Å². The summed E-state index contributed by atoms with van der Waals surface area (Å²) in [5.74, 6) is 0.248. The Balaban J connectivity index is 2.57. The van der Waals surface area contributed by atoms with Gasteiger partial charge in [-0.3, -0.25) is 4.79 Å². The van der Waals surface area contributed by atoms with Gasteiger partial charge in [-0.15, -0.1) is 0 Å². The molecule has 1 rings (SSSR count). The van der Waals surface area contributed by atoms with Gasteiger partial charge in [0.05, 0.1) is 0 Å². The maximum atomic E-state index is 12.3. The number of likely N-dealkylation sites (N-methyl/N-ethyl adjacent to an activating group) is 1. The average molecular weight is 255 g/mol. The van der Waals surface area contributed by atoms with Gasteiger partial charge in [0.2, 0.25) is 5.91 Å². The van der Waals surface area contributed by atoms with Gasteiger partial charge in [-0.1, -0.05) is 20.3 Å². The molecule has 18 heavy (non-hydrogen) atoms. The predicted molar refractivity (Wildman–Crippen MR) is 75.4 cm³/mol. The Morgan fingerprint density at radius 3 is 2.72 bits per heavy atom. The van der Waals surface area contributed by atoms with Crippen LogP contribution in [0.4, 0.5) is 0 Å². The molecule has 2 atom stereocenters. The summed E-state index contributed by atoms with van der Waals surface area (Å²) in [5, 5.41) is 0. The topological polar surface area (TPSA) is 49.6 Å². The van der Waals surface area contributed by atoms with Crippen LogP contribution in [0.3, 0.4) is 0 Å². The summed E-state index contributed by atoms with van der Waals surface area (Å²) in [4.78, 5) is 16.7. The summed E-state index contributed by atoms with van der Waals surface area (Å²) in [6.07, 6.45) is 4.60. The number of hydrogen-bond acceptors (Lipinski definition) is 3. The van der Waals surface area contributed by atoms with Gasteiger partial charge in [-0.25, -0.2) is 0 Å².